The molecule has 1 fully saturated rings. The first-order chi connectivity index (χ1) is 13.2. The Kier molecular flexibility index (Phi) is 8.77. The first kappa shape index (κ1) is 23.6. The molecule has 1 saturated carbocycles. The molecule has 0 heterocycles. The molecule has 1 aromatic rings. The Labute approximate surface area is 173 Å². The van der Waals surface area contributed by atoms with Crippen molar-refractivity contribution < 1.29 is 13.5 Å². The molecular weight excluding hydrogens is 384 g/mol. The summed E-state index contributed by atoms with van der Waals surface area (Å²) in [6, 6.07) is 8.92. The number of hydrogen-bond donors (Lipinski definition) is 1. The van der Waals surface area contributed by atoms with E-state index >= 15 is 0 Å². The molecule has 0 spiro atoms. The van der Waals surface area contributed by atoms with Gasteiger partial charge in [-0.25, -0.2) is 8.42 Å². The van der Waals surface area contributed by atoms with Crippen molar-refractivity contribution >= 4 is 17.9 Å². The second-order valence-corrected chi connectivity index (χ2v) is 17.4. The topological polar surface area (TPSA) is 54.4 Å². The molecule has 160 valence electrons. The summed E-state index contributed by atoms with van der Waals surface area (Å²) in [7, 11) is -4.78. The second-order valence-electron chi connectivity index (χ2n) is 9.77. The van der Waals surface area contributed by atoms with Crippen LogP contribution in [0.3, 0.4) is 0 Å². The lowest BCUT2D eigenvalue weighted by atomic mass is 9.76. The van der Waals surface area contributed by atoms with Crippen LogP contribution in [-0.2, 0) is 9.84 Å². The fraction of sp³-hybridized carbons (Fsp3) is 0.739. The lowest BCUT2D eigenvalue weighted by Crippen LogP contribution is -2.41. The summed E-state index contributed by atoms with van der Waals surface area (Å²) in [4.78, 5) is 0.465. The lowest BCUT2D eigenvalue weighted by Gasteiger charge is -2.36. The minimum absolute atomic E-state index is 0.162. The first-order valence-electron chi connectivity index (χ1n) is 11.1. The molecular formula is C23H40O3SSi. The number of rotatable bonds is 10. The van der Waals surface area contributed by atoms with Crippen LogP contribution in [0.1, 0.15) is 64.7 Å². The summed E-state index contributed by atoms with van der Waals surface area (Å²) in [5.41, 5.74) is -0.162. The SMILES string of the molecule is CCCCCC(CC(O)[Si](C)(C)C)C1CCC(S(=O)(=O)c2ccccc2)CC1. The predicted octanol–water partition coefficient (Wildman–Crippen LogP) is 5.84. The Balaban J connectivity index is 2.01. The van der Waals surface area contributed by atoms with Crippen molar-refractivity contribution in [2.45, 2.75) is 100 Å². The van der Waals surface area contributed by atoms with Gasteiger partial charge < -0.3 is 5.11 Å². The van der Waals surface area contributed by atoms with E-state index in [9.17, 15) is 13.5 Å². The Morgan fingerprint density at radius 2 is 1.64 bits per heavy atom. The third-order valence-corrected chi connectivity index (χ3v) is 11.1. The molecule has 1 N–H and O–H groups in total. The molecule has 0 aliphatic heterocycles. The maximum Gasteiger partial charge on any atom is 0.181 e. The molecule has 28 heavy (non-hydrogen) atoms. The largest absolute Gasteiger partial charge is 0.397 e. The maximum atomic E-state index is 12.9. The van der Waals surface area contributed by atoms with Gasteiger partial charge in [0.25, 0.3) is 0 Å². The maximum absolute atomic E-state index is 12.9. The zero-order chi connectivity index (χ0) is 20.8. The standard InChI is InChI=1S/C23H40O3SSi/c1-5-6-8-11-20(18-23(24)28(2,3)4)19-14-16-22(17-15-19)27(25,26)21-12-9-7-10-13-21/h7,9-10,12-13,19-20,22-24H,5-6,8,11,14-18H2,1-4H3. The van der Waals surface area contributed by atoms with Gasteiger partial charge >= 0.3 is 0 Å². The molecule has 0 saturated heterocycles. The highest BCUT2D eigenvalue weighted by Gasteiger charge is 2.36. The molecule has 0 radical (unpaired) electrons. The molecule has 2 rings (SSSR count). The third-order valence-electron chi connectivity index (χ3n) is 6.60. The van der Waals surface area contributed by atoms with Crippen molar-refractivity contribution in [1.29, 1.82) is 0 Å². The number of aliphatic hydroxyl groups is 1. The minimum Gasteiger partial charge on any atom is -0.397 e. The molecule has 2 unspecified atom stereocenters. The van der Waals surface area contributed by atoms with Crippen LogP contribution in [0.25, 0.3) is 0 Å². The van der Waals surface area contributed by atoms with Crippen molar-refractivity contribution in [2.24, 2.45) is 11.8 Å². The minimum atomic E-state index is -3.22. The van der Waals surface area contributed by atoms with Gasteiger partial charge in [0.2, 0.25) is 0 Å². The van der Waals surface area contributed by atoms with E-state index in [1.165, 1.54) is 25.7 Å². The van der Waals surface area contributed by atoms with Crippen LogP contribution < -0.4 is 0 Å². The van der Waals surface area contributed by atoms with Crippen molar-refractivity contribution in [3.05, 3.63) is 30.3 Å². The van der Waals surface area contributed by atoms with Crippen molar-refractivity contribution in [1.82, 2.24) is 0 Å². The summed E-state index contributed by atoms with van der Waals surface area (Å²) in [5, 5.41) is 10.5. The van der Waals surface area contributed by atoms with Crippen LogP contribution in [0, 0.1) is 11.8 Å². The Morgan fingerprint density at radius 3 is 2.18 bits per heavy atom. The molecule has 0 amide bonds. The molecule has 1 aliphatic carbocycles. The average Bonchev–Trinajstić information content (AvgIpc) is 2.67. The van der Waals surface area contributed by atoms with Gasteiger partial charge in [0, 0.05) is 5.73 Å². The van der Waals surface area contributed by atoms with Gasteiger partial charge in [-0.3, -0.25) is 0 Å². The second kappa shape index (κ2) is 10.4. The van der Waals surface area contributed by atoms with Crippen molar-refractivity contribution in [3.63, 3.8) is 0 Å². The van der Waals surface area contributed by atoms with Crippen LogP contribution in [-0.4, -0.2) is 32.6 Å². The average molecular weight is 425 g/mol. The van der Waals surface area contributed by atoms with Gasteiger partial charge in [0.05, 0.1) is 18.2 Å². The molecule has 5 heteroatoms. The quantitative estimate of drug-likeness (QED) is 0.379. The van der Waals surface area contributed by atoms with Crippen LogP contribution in [0.2, 0.25) is 19.6 Å². The summed E-state index contributed by atoms with van der Waals surface area (Å²) < 4.78 is 25.9. The van der Waals surface area contributed by atoms with Gasteiger partial charge in [0.1, 0.15) is 0 Å². The number of hydrogen-bond acceptors (Lipinski definition) is 3. The molecule has 0 bridgehead atoms. The van der Waals surface area contributed by atoms with Crippen LogP contribution in [0.4, 0.5) is 0 Å². The van der Waals surface area contributed by atoms with E-state index in [1.54, 1.807) is 24.3 Å². The monoisotopic (exact) mass is 424 g/mol. The van der Waals surface area contributed by atoms with E-state index in [0.29, 0.717) is 16.7 Å². The summed E-state index contributed by atoms with van der Waals surface area (Å²) in [6.45, 7) is 8.95. The van der Waals surface area contributed by atoms with Gasteiger partial charge in [-0.1, -0.05) is 70.4 Å². The van der Waals surface area contributed by atoms with E-state index in [1.807, 2.05) is 6.07 Å². The van der Waals surface area contributed by atoms with Crippen LogP contribution in [0.15, 0.2) is 35.2 Å². The van der Waals surface area contributed by atoms with Gasteiger partial charge in [-0.05, 0) is 56.1 Å². The van der Waals surface area contributed by atoms with E-state index in [-0.39, 0.29) is 11.0 Å². The van der Waals surface area contributed by atoms with Gasteiger partial charge in [0.15, 0.2) is 9.84 Å². The zero-order valence-corrected chi connectivity index (χ0v) is 20.0. The summed E-state index contributed by atoms with van der Waals surface area (Å²) in [5.74, 6) is 1.10. The predicted molar refractivity (Wildman–Crippen MR) is 121 cm³/mol. The van der Waals surface area contributed by atoms with E-state index < -0.39 is 17.9 Å². The third kappa shape index (κ3) is 6.43. The van der Waals surface area contributed by atoms with E-state index in [0.717, 1.165) is 32.1 Å². The van der Waals surface area contributed by atoms with E-state index in [4.69, 9.17) is 0 Å². The fourth-order valence-corrected chi connectivity index (χ4v) is 7.34. The van der Waals surface area contributed by atoms with Crippen molar-refractivity contribution in [2.75, 3.05) is 0 Å². The highest BCUT2D eigenvalue weighted by atomic mass is 32.2. The first-order valence-corrected chi connectivity index (χ1v) is 16.3. The Morgan fingerprint density at radius 1 is 1.04 bits per heavy atom. The highest BCUT2D eigenvalue weighted by molar-refractivity contribution is 7.92. The van der Waals surface area contributed by atoms with Crippen LogP contribution >= 0.6 is 0 Å². The highest BCUT2D eigenvalue weighted by Crippen LogP contribution is 2.39. The summed E-state index contributed by atoms with van der Waals surface area (Å²) >= 11 is 0. The van der Waals surface area contributed by atoms with Crippen LogP contribution in [0.5, 0.6) is 0 Å². The van der Waals surface area contributed by atoms with Gasteiger partial charge in [-0.15, -0.1) is 0 Å². The molecule has 1 aromatic carbocycles. The fourth-order valence-electron chi connectivity index (χ4n) is 4.52. The number of sulfone groups is 1. The van der Waals surface area contributed by atoms with Gasteiger partial charge in [-0.2, -0.15) is 0 Å². The zero-order valence-electron chi connectivity index (χ0n) is 18.2. The van der Waals surface area contributed by atoms with E-state index in [2.05, 4.69) is 26.6 Å². The van der Waals surface area contributed by atoms with Crippen molar-refractivity contribution in [3.8, 4) is 0 Å². The normalized spacial score (nSPS) is 23.3. The lowest BCUT2D eigenvalue weighted by molar-refractivity contribution is 0.149. The molecule has 2 atom stereocenters. The summed E-state index contributed by atoms with van der Waals surface area (Å²) in [6.07, 6.45) is 9.24. The smallest absolute Gasteiger partial charge is 0.181 e. The number of unbranched alkanes of at least 4 members (excludes halogenated alkanes) is 2. The number of benzene rings is 1. The molecule has 3 nitrogen and oxygen atoms in total. The molecule has 1 aliphatic rings. The molecule has 0 aromatic heterocycles. The number of aliphatic hydroxyl groups excluding tert-OH is 1. The Hall–Kier alpha value is -0.653. The Bertz CT molecular complexity index is 674.